The van der Waals surface area contributed by atoms with Gasteiger partial charge in [0.2, 0.25) is 0 Å². The van der Waals surface area contributed by atoms with Gasteiger partial charge in [-0.15, -0.1) is 0 Å². The normalized spacial score (nSPS) is 23.6. The molecule has 0 radical (unpaired) electrons. The van der Waals surface area contributed by atoms with Crippen molar-refractivity contribution in [3.8, 4) is 5.75 Å². The van der Waals surface area contributed by atoms with E-state index in [4.69, 9.17) is 0 Å². The summed E-state index contributed by atoms with van der Waals surface area (Å²) in [6.45, 7) is 1.07. The molecule has 1 aliphatic heterocycles. The van der Waals surface area contributed by atoms with Gasteiger partial charge in [0.05, 0.1) is 0 Å². The van der Waals surface area contributed by atoms with Crippen LogP contribution in [-0.4, -0.2) is 28.6 Å². The van der Waals surface area contributed by atoms with E-state index in [1.807, 2.05) is 24.4 Å². The summed E-state index contributed by atoms with van der Waals surface area (Å²) in [7, 11) is 2.21. The van der Waals surface area contributed by atoms with Crippen molar-refractivity contribution in [2.45, 2.75) is 37.1 Å². The van der Waals surface area contributed by atoms with Gasteiger partial charge in [0.25, 0.3) is 0 Å². The first kappa shape index (κ1) is 13.8. The van der Waals surface area contributed by atoms with Gasteiger partial charge >= 0.3 is 0 Å². The Kier molecular flexibility index (Phi) is 3.19. The largest absolute Gasteiger partial charge is 0.508 e. The van der Waals surface area contributed by atoms with Gasteiger partial charge in [0, 0.05) is 29.9 Å². The third kappa shape index (κ3) is 1.96. The lowest BCUT2D eigenvalue weighted by molar-refractivity contribution is 0.0683. The lowest BCUT2D eigenvalue weighted by Crippen LogP contribution is -2.50. The Hall–Kier alpha value is -1.87. The minimum absolute atomic E-state index is 0.0962. The predicted octanol–water partition coefficient (Wildman–Crippen LogP) is 3.44. The zero-order valence-electron chi connectivity index (χ0n) is 13.0. The van der Waals surface area contributed by atoms with E-state index < -0.39 is 0 Å². The first-order chi connectivity index (χ1) is 10.7. The van der Waals surface area contributed by atoms with E-state index in [-0.39, 0.29) is 5.41 Å². The molecule has 2 heterocycles. The zero-order chi connectivity index (χ0) is 15.2. The maximum absolute atomic E-state index is 9.99. The number of benzene rings is 1. The summed E-state index contributed by atoms with van der Waals surface area (Å²) in [4.78, 5) is 7.14. The highest BCUT2D eigenvalue weighted by atomic mass is 16.3. The summed E-state index contributed by atoms with van der Waals surface area (Å²) >= 11 is 0. The van der Waals surface area contributed by atoms with Crippen LogP contribution >= 0.6 is 0 Å². The van der Waals surface area contributed by atoms with Gasteiger partial charge in [-0.3, -0.25) is 9.88 Å². The number of fused-ring (bicyclic) bond motifs is 1. The van der Waals surface area contributed by atoms with Crippen LogP contribution in [0.2, 0.25) is 0 Å². The highest BCUT2D eigenvalue weighted by molar-refractivity contribution is 5.43. The topological polar surface area (TPSA) is 36.4 Å². The molecule has 0 spiro atoms. The first-order valence-electron chi connectivity index (χ1n) is 8.14. The first-order valence-corrected chi connectivity index (χ1v) is 8.14. The number of nitrogens with zero attached hydrogens (tertiary/aromatic N) is 2. The molecule has 1 saturated carbocycles. The van der Waals surface area contributed by atoms with Gasteiger partial charge in [-0.2, -0.15) is 0 Å². The summed E-state index contributed by atoms with van der Waals surface area (Å²) in [5.41, 5.74) is 3.97. The number of phenols is 1. The molecule has 1 aromatic heterocycles. The predicted molar refractivity (Wildman–Crippen MR) is 86.9 cm³/mol. The van der Waals surface area contributed by atoms with Crippen molar-refractivity contribution in [2.75, 3.05) is 13.6 Å². The van der Waals surface area contributed by atoms with Crippen LogP contribution in [0.1, 0.15) is 42.1 Å². The van der Waals surface area contributed by atoms with Crippen LogP contribution in [0.15, 0.2) is 42.6 Å². The second-order valence-corrected chi connectivity index (χ2v) is 6.74. The zero-order valence-corrected chi connectivity index (χ0v) is 13.0. The molecule has 22 heavy (non-hydrogen) atoms. The molecule has 114 valence electrons. The van der Waals surface area contributed by atoms with Crippen molar-refractivity contribution in [3.63, 3.8) is 0 Å². The van der Waals surface area contributed by atoms with E-state index in [1.165, 1.54) is 36.1 Å². The molecule has 1 unspecified atom stereocenters. The lowest BCUT2D eigenvalue weighted by atomic mass is 9.59. The second-order valence-electron chi connectivity index (χ2n) is 6.74. The molecule has 0 saturated heterocycles. The Labute approximate surface area is 131 Å². The molecule has 2 aromatic rings. The van der Waals surface area contributed by atoms with Crippen molar-refractivity contribution in [2.24, 2.45) is 0 Å². The van der Waals surface area contributed by atoms with Gasteiger partial charge < -0.3 is 5.11 Å². The second kappa shape index (κ2) is 5.10. The van der Waals surface area contributed by atoms with E-state index >= 15 is 0 Å². The Bertz CT molecular complexity index is 679. The molecule has 3 nitrogen and oxygen atoms in total. The third-order valence-corrected chi connectivity index (χ3v) is 5.54. The van der Waals surface area contributed by atoms with Crippen LogP contribution in [0, 0.1) is 0 Å². The molecular formula is C19H22N2O. The SMILES string of the molecule is CN1CCc2ccc(O)cc2C1C1(c2ccccn2)CCC1. The minimum Gasteiger partial charge on any atom is -0.508 e. The molecular weight excluding hydrogens is 272 g/mol. The van der Waals surface area contributed by atoms with Crippen LogP contribution in [0.25, 0.3) is 0 Å². The Morgan fingerprint density at radius 1 is 1.23 bits per heavy atom. The van der Waals surface area contributed by atoms with Crippen LogP contribution in [0.4, 0.5) is 0 Å². The maximum Gasteiger partial charge on any atom is 0.115 e. The van der Waals surface area contributed by atoms with E-state index in [1.54, 1.807) is 0 Å². The van der Waals surface area contributed by atoms with Gasteiger partial charge in [-0.1, -0.05) is 18.6 Å². The van der Waals surface area contributed by atoms with Crippen molar-refractivity contribution in [1.82, 2.24) is 9.88 Å². The van der Waals surface area contributed by atoms with Crippen molar-refractivity contribution >= 4 is 0 Å². The van der Waals surface area contributed by atoms with Crippen LogP contribution in [0.3, 0.4) is 0 Å². The fraction of sp³-hybridized carbons (Fsp3) is 0.421. The van der Waals surface area contributed by atoms with Gasteiger partial charge in [0.1, 0.15) is 5.75 Å². The molecule has 2 aliphatic rings. The van der Waals surface area contributed by atoms with Gasteiger partial charge in [-0.05, 0) is 61.7 Å². The highest BCUT2D eigenvalue weighted by Crippen LogP contribution is 2.55. The summed E-state index contributed by atoms with van der Waals surface area (Å²) in [5.74, 6) is 0.370. The van der Waals surface area contributed by atoms with Crippen molar-refractivity contribution in [1.29, 1.82) is 0 Å². The minimum atomic E-state index is 0.0962. The molecule has 4 rings (SSSR count). The van der Waals surface area contributed by atoms with Crippen molar-refractivity contribution < 1.29 is 5.11 Å². The van der Waals surface area contributed by atoms with E-state index in [0.717, 1.165) is 13.0 Å². The summed E-state index contributed by atoms with van der Waals surface area (Å²) in [6.07, 6.45) is 6.57. The number of phenolic OH excluding ortho intramolecular Hbond substituents is 1. The molecule has 0 amide bonds. The van der Waals surface area contributed by atoms with Crippen LogP contribution in [-0.2, 0) is 11.8 Å². The lowest BCUT2D eigenvalue weighted by Gasteiger charge is -2.52. The number of rotatable bonds is 2. The number of aromatic nitrogens is 1. The Morgan fingerprint density at radius 3 is 2.77 bits per heavy atom. The summed E-state index contributed by atoms with van der Waals surface area (Å²) in [6, 6.07) is 12.4. The molecule has 1 N–H and O–H groups in total. The molecule has 1 fully saturated rings. The average molecular weight is 294 g/mol. The quantitative estimate of drug-likeness (QED) is 0.921. The highest BCUT2D eigenvalue weighted by Gasteiger charge is 2.50. The maximum atomic E-state index is 9.99. The number of pyridine rings is 1. The van der Waals surface area contributed by atoms with Crippen LogP contribution < -0.4 is 0 Å². The molecule has 3 heteroatoms. The van der Waals surface area contributed by atoms with Gasteiger partial charge in [-0.25, -0.2) is 0 Å². The molecule has 0 bridgehead atoms. The Balaban J connectivity index is 1.86. The van der Waals surface area contributed by atoms with E-state index in [0.29, 0.717) is 11.8 Å². The smallest absolute Gasteiger partial charge is 0.115 e. The number of likely N-dealkylation sites (N-methyl/N-ethyl adjacent to an activating group) is 1. The van der Waals surface area contributed by atoms with E-state index in [2.05, 4.69) is 35.1 Å². The van der Waals surface area contributed by atoms with Crippen LogP contribution in [0.5, 0.6) is 5.75 Å². The van der Waals surface area contributed by atoms with Gasteiger partial charge in [0.15, 0.2) is 0 Å². The average Bonchev–Trinajstić information content (AvgIpc) is 2.49. The number of aromatic hydroxyl groups is 1. The molecule has 1 aliphatic carbocycles. The fourth-order valence-electron chi connectivity index (χ4n) is 4.33. The third-order valence-electron chi connectivity index (χ3n) is 5.54. The van der Waals surface area contributed by atoms with E-state index in [9.17, 15) is 5.11 Å². The molecule has 1 aromatic carbocycles. The number of hydrogen-bond donors (Lipinski definition) is 1. The number of hydrogen-bond acceptors (Lipinski definition) is 3. The fourth-order valence-corrected chi connectivity index (χ4v) is 4.33. The molecule has 1 atom stereocenters. The summed E-state index contributed by atoms with van der Waals surface area (Å²) in [5, 5.41) is 9.99. The monoisotopic (exact) mass is 294 g/mol. The van der Waals surface area contributed by atoms with Crippen molar-refractivity contribution in [3.05, 3.63) is 59.4 Å². The standard InChI is InChI=1S/C19H22N2O/c1-21-12-8-14-6-7-15(22)13-16(14)18(21)19(9-4-10-19)17-5-2-3-11-20-17/h2-3,5-7,11,13,18,22H,4,8-10,12H2,1H3. The Morgan fingerprint density at radius 2 is 2.09 bits per heavy atom. The summed E-state index contributed by atoms with van der Waals surface area (Å²) < 4.78 is 0.